The van der Waals surface area contributed by atoms with E-state index in [1.165, 1.54) is 32.1 Å². The molecule has 0 aromatic heterocycles. The van der Waals surface area contributed by atoms with Gasteiger partial charge in [-0.25, -0.2) is 0 Å². The first-order valence-corrected chi connectivity index (χ1v) is 4.46. The van der Waals surface area contributed by atoms with Gasteiger partial charge in [0.2, 0.25) is 0 Å². The van der Waals surface area contributed by atoms with Crippen LogP contribution in [-0.2, 0) is 0 Å². The van der Waals surface area contributed by atoms with Crippen LogP contribution >= 0.6 is 22.6 Å². The molecular weight excluding hydrogens is 211 g/mol. The van der Waals surface area contributed by atoms with Crippen LogP contribution in [0.5, 0.6) is 0 Å². The predicted molar refractivity (Wildman–Crippen MR) is 45.2 cm³/mol. The van der Waals surface area contributed by atoms with Crippen LogP contribution in [0.2, 0.25) is 0 Å². The smallest absolute Gasteiger partial charge is 0.0242 e. The second kappa shape index (κ2) is 3.49. The average Bonchev–Trinajstić information content (AvgIpc) is 1.90. The van der Waals surface area contributed by atoms with Gasteiger partial charge in [0.25, 0.3) is 0 Å². The van der Waals surface area contributed by atoms with Crippen LogP contribution in [0.4, 0.5) is 0 Å². The lowest BCUT2D eigenvalue weighted by atomic mass is 9.97. The molecular formula is C7H11I. The first-order valence-electron chi connectivity index (χ1n) is 3.21. The van der Waals surface area contributed by atoms with Crippen LogP contribution in [0, 0.1) is 0 Å². The summed E-state index contributed by atoms with van der Waals surface area (Å²) in [6, 6.07) is 0. The molecule has 0 amide bonds. The Morgan fingerprint density at radius 3 is 2.12 bits per heavy atom. The lowest BCUT2D eigenvalue weighted by Gasteiger charge is -2.11. The zero-order valence-corrected chi connectivity index (χ0v) is 7.15. The third-order valence-electron chi connectivity index (χ3n) is 1.65. The monoisotopic (exact) mass is 222 g/mol. The third-order valence-corrected chi connectivity index (χ3v) is 2.53. The Morgan fingerprint density at radius 1 is 1.12 bits per heavy atom. The molecule has 0 spiro atoms. The van der Waals surface area contributed by atoms with E-state index < -0.39 is 0 Å². The molecule has 0 radical (unpaired) electrons. The van der Waals surface area contributed by atoms with Crippen LogP contribution < -0.4 is 0 Å². The van der Waals surface area contributed by atoms with Gasteiger partial charge in [0.1, 0.15) is 0 Å². The highest BCUT2D eigenvalue weighted by Gasteiger charge is 2.02. The van der Waals surface area contributed by atoms with E-state index in [-0.39, 0.29) is 0 Å². The van der Waals surface area contributed by atoms with Crippen molar-refractivity contribution in [3.8, 4) is 0 Å². The lowest BCUT2D eigenvalue weighted by Crippen LogP contribution is -1.91. The summed E-state index contributed by atoms with van der Waals surface area (Å²) in [6.45, 7) is 0. The van der Waals surface area contributed by atoms with Gasteiger partial charge in [0.15, 0.2) is 0 Å². The molecule has 0 nitrogen and oxygen atoms in total. The van der Waals surface area contributed by atoms with E-state index in [2.05, 4.69) is 26.7 Å². The van der Waals surface area contributed by atoms with Gasteiger partial charge >= 0.3 is 0 Å². The van der Waals surface area contributed by atoms with Crippen LogP contribution in [-0.4, -0.2) is 0 Å². The van der Waals surface area contributed by atoms with Gasteiger partial charge in [0.05, 0.1) is 0 Å². The van der Waals surface area contributed by atoms with E-state index in [4.69, 9.17) is 0 Å². The molecule has 0 atom stereocenters. The van der Waals surface area contributed by atoms with Crippen molar-refractivity contribution < 1.29 is 0 Å². The van der Waals surface area contributed by atoms with E-state index in [9.17, 15) is 0 Å². The Balaban J connectivity index is 2.33. The minimum absolute atomic E-state index is 1.36. The molecule has 0 unspecified atom stereocenters. The van der Waals surface area contributed by atoms with Crippen molar-refractivity contribution in [1.82, 2.24) is 0 Å². The highest BCUT2D eigenvalue weighted by Crippen LogP contribution is 2.23. The number of halogens is 1. The van der Waals surface area contributed by atoms with Crippen LogP contribution in [0.15, 0.2) is 9.66 Å². The van der Waals surface area contributed by atoms with Gasteiger partial charge in [0, 0.05) is 0 Å². The minimum Gasteiger partial charge on any atom is -0.0642 e. The zero-order chi connectivity index (χ0) is 5.82. The van der Waals surface area contributed by atoms with Gasteiger partial charge in [-0.2, -0.15) is 0 Å². The molecule has 1 fully saturated rings. The van der Waals surface area contributed by atoms with Gasteiger partial charge < -0.3 is 0 Å². The maximum atomic E-state index is 2.34. The molecule has 0 bridgehead atoms. The number of rotatable bonds is 0. The molecule has 0 aromatic rings. The normalized spacial score (nSPS) is 20.9. The Kier molecular flexibility index (Phi) is 2.87. The van der Waals surface area contributed by atoms with E-state index >= 15 is 0 Å². The summed E-state index contributed by atoms with van der Waals surface area (Å²) in [7, 11) is 0. The third kappa shape index (κ3) is 1.77. The van der Waals surface area contributed by atoms with E-state index in [0.29, 0.717) is 0 Å². The highest BCUT2D eigenvalue weighted by molar-refractivity contribution is 14.1. The first kappa shape index (κ1) is 6.59. The number of hydrogen-bond donors (Lipinski definition) is 0. The van der Waals surface area contributed by atoms with Crippen LogP contribution in [0.3, 0.4) is 0 Å². The quantitative estimate of drug-likeness (QED) is 0.552. The summed E-state index contributed by atoms with van der Waals surface area (Å²) in [6.07, 6.45) is 7.03. The van der Waals surface area contributed by atoms with Gasteiger partial charge in [-0.05, 0) is 29.8 Å². The van der Waals surface area contributed by atoms with Crippen LogP contribution in [0.25, 0.3) is 0 Å². The Morgan fingerprint density at radius 2 is 1.75 bits per heavy atom. The second-order valence-electron chi connectivity index (χ2n) is 2.33. The van der Waals surface area contributed by atoms with Crippen molar-refractivity contribution in [1.29, 1.82) is 0 Å². The molecule has 0 aromatic carbocycles. The molecule has 46 valence electrons. The largest absolute Gasteiger partial charge is 0.0642 e. The molecule has 1 saturated carbocycles. The van der Waals surface area contributed by atoms with Crippen molar-refractivity contribution in [2.45, 2.75) is 32.1 Å². The zero-order valence-electron chi connectivity index (χ0n) is 4.99. The second-order valence-corrected chi connectivity index (χ2v) is 2.95. The first-order chi connectivity index (χ1) is 3.93. The fraction of sp³-hybridized carbons (Fsp3) is 0.714. The van der Waals surface area contributed by atoms with E-state index in [0.717, 1.165) is 0 Å². The fourth-order valence-corrected chi connectivity index (χ4v) is 1.74. The highest BCUT2D eigenvalue weighted by atomic mass is 127. The maximum absolute atomic E-state index is 2.34. The molecule has 1 rings (SSSR count). The molecule has 1 heteroatoms. The lowest BCUT2D eigenvalue weighted by molar-refractivity contribution is 0.601. The van der Waals surface area contributed by atoms with Crippen molar-refractivity contribution in [2.75, 3.05) is 0 Å². The fourth-order valence-electron chi connectivity index (χ4n) is 1.12. The predicted octanol–water partition coefficient (Wildman–Crippen LogP) is 3.27. The van der Waals surface area contributed by atoms with Gasteiger partial charge in [-0.15, -0.1) is 0 Å². The number of hydrogen-bond acceptors (Lipinski definition) is 0. The number of allylic oxidation sites excluding steroid dienone is 1. The summed E-state index contributed by atoms with van der Waals surface area (Å²) in [5, 5.41) is 0. The van der Waals surface area contributed by atoms with Crippen molar-refractivity contribution >= 4 is 22.6 Å². The van der Waals surface area contributed by atoms with Gasteiger partial charge in [-0.3, -0.25) is 0 Å². The molecule has 0 saturated heterocycles. The molecule has 0 aliphatic heterocycles. The standard InChI is InChI=1S/C7H11I/c8-6-7-4-2-1-3-5-7/h6H,1-5H2. The minimum atomic E-state index is 1.36. The maximum Gasteiger partial charge on any atom is -0.0242 e. The molecule has 1 aliphatic carbocycles. The summed E-state index contributed by atoms with van der Waals surface area (Å²) in [5.74, 6) is 0. The summed E-state index contributed by atoms with van der Waals surface area (Å²) >= 11 is 2.34. The van der Waals surface area contributed by atoms with Crippen molar-refractivity contribution in [2.24, 2.45) is 0 Å². The average molecular weight is 222 g/mol. The molecule has 0 heterocycles. The Bertz CT molecular complexity index is 86.6. The summed E-state index contributed by atoms with van der Waals surface area (Å²) in [4.78, 5) is 0. The van der Waals surface area contributed by atoms with E-state index in [1.807, 2.05) is 0 Å². The Hall–Kier alpha value is 0.470. The molecule has 8 heavy (non-hydrogen) atoms. The Labute approximate surface area is 64.5 Å². The molecule has 0 N–H and O–H groups in total. The summed E-state index contributed by atoms with van der Waals surface area (Å²) < 4.78 is 2.25. The topological polar surface area (TPSA) is 0 Å². The summed E-state index contributed by atoms with van der Waals surface area (Å²) in [5.41, 5.74) is 1.66. The SMILES string of the molecule is IC=C1CCCCC1. The van der Waals surface area contributed by atoms with E-state index in [1.54, 1.807) is 5.57 Å². The molecule has 1 aliphatic rings. The van der Waals surface area contributed by atoms with Crippen molar-refractivity contribution in [3.63, 3.8) is 0 Å². The van der Waals surface area contributed by atoms with Crippen molar-refractivity contribution in [3.05, 3.63) is 9.66 Å². The van der Waals surface area contributed by atoms with Crippen LogP contribution in [0.1, 0.15) is 32.1 Å². The van der Waals surface area contributed by atoms with Gasteiger partial charge in [-0.1, -0.05) is 34.6 Å².